The Morgan fingerprint density at radius 1 is 0.743 bits per heavy atom. The van der Waals surface area contributed by atoms with Crippen molar-refractivity contribution < 1.29 is 55.2 Å². The van der Waals surface area contributed by atoms with Crippen LogP contribution < -0.4 is 9.47 Å². The molecule has 4 N–H and O–H groups in total. The standard InChI is InChI=1S/C21H24O12S2/c1-32-18-7-12(3-5-16(18)24)20(34(26,27)28)10-14(22)9-15(23)11-21(35(29,30)31)13-4-6-17(25)19(8-13)33-2/h3-8,20-21,24-25H,9-11H2,1-2H3,(H,26,27,28)(H,29,30,31). The summed E-state index contributed by atoms with van der Waals surface area (Å²) in [6.45, 7) is 0. The third kappa shape index (κ3) is 7.39. The van der Waals surface area contributed by atoms with Gasteiger partial charge in [-0.15, -0.1) is 0 Å². The van der Waals surface area contributed by atoms with Gasteiger partial charge in [0.25, 0.3) is 20.2 Å². The molecule has 35 heavy (non-hydrogen) atoms. The molecular formula is C21H24O12S2. The van der Waals surface area contributed by atoms with E-state index in [0.717, 1.165) is 36.4 Å². The van der Waals surface area contributed by atoms with Gasteiger partial charge in [-0.05, 0) is 35.4 Å². The maximum atomic E-state index is 12.5. The first-order chi connectivity index (χ1) is 16.2. The van der Waals surface area contributed by atoms with E-state index in [1.807, 2.05) is 0 Å². The van der Waals surface area contributed by atoms with Gasteiger partial charge in [-0.2, -0.15) is 16.8 Å². The van der Waals surface area contributed by atoms with Crippen molar-refractivity contribution in [2.75, 3.05) is 14.2 Å². The fourth-order valence-electron chi connectivity index (χ4n) is 3.36. The first-order valence-corrected chi connectivity index (χ1v) is 12.9. The largest absolute Gasteiger partial charge is 0.504 e. The number of carbonyl (C=O) groups is 2. The van der Waals surface area contributed by atoms with Crippen molar-refractivity contribution in [1.29, 1.82) is 0 Å². The van der Waals surface area contributed by atoms with Gasteiger partial charge in [0.1, 0.15) is 22.1 Å². The lowest BCUT2D eigenvalue weighted by Gasteiger charge is -2.16. The van der Waals surface area contributed by atoms with Crippen molar-refractivity contribution >= 4 is 31.8 Å². The first-order valence-electron chi connectivity index (χ1n) is 9.87. The molecule has 2 aromatic rings. The Hall–Kier alpha value is -3.20. The number of hydrogen-bond acceptors (Lipinski definition) is 10. The monoisotopic (exact) mass is 532 g/mol. The van der Waals surface area contributed by atoms with Gasteiger partial charge in [-0.25, -0.2) is 0 Å². The van der Waals surface area contributed by atoms with Gasteiger partial charge in [-0.1, -0.05) is 12.1 Å². The summed E-state index contributed by atoms with van der Waals surface area (Å²) in [4.78, 5) is 25.0. The summed E-state index contributed by atoms with van der Waals surface area (Å²) < 4.78 is 76.6. The minimum atomic E-state index is -4.83. The lowest BCUT2D eigenvalue weighted by molar-refractivity contribution is -0.127. The summed E-state index contributed by atoms with van der Waals surface area (Å²) in [6, 6.07) is 6.72. The fourth-order valence-corrected chi connectivity index (χ4v) is 5.13. The van der Waals surface area contributed by atoms with E-state index in [1.165, 1.54) is 14.2 Å². The highest BCUT2D eigenvalue weighted by Crippen LogP contribution is 2.35. The molecule has 0 bridgehead atoms. The van der Waals surface area contributed by atoms with E-state index in [0.29, 0.717) is 0 Å². The molecular weight excluding hydrogens is 508 g/mol. The smallest absolute Gasteiger partial charge is 0.272 e. The molecule has 0 saturated carbocycles. The van der Waals surface area contributed by atoms with E-state index in [-0.39, 0.29) is 34.1 Å². The summed E-state index contributed by atoms with van der Waals surface area (Å²) in [5.41, 5.74) is -0.176. The average Bonchev–Trinajstić information content (AvgIpc) is 2.75. The predicted octanol–water partition coefficient (Wildman–Crippen LogP) is 1.98. The van der Waals surface area contributed by atoms with E-state index in [4.69, 9.17) is 9.47 Å². The van der Waals surface area contributed by atoms with Gasteiger partial charge in [0.05, 0.1) is 20.6 Å². The highest BCUT2D eigenvalue weighted by atomic mass is 32.2. The molecule has 0 aromatic heterocycles. The van der Waals surface area contributed by atoms with Crippen molar-refractivity contribution in [1.82, 2.24) is 0 Å². The van der Waals surface area contributed by atoms with Crippen LogP contribution in [0, 0.1) is 0 Å². The molecule has 0 saturated heterocycles. The summed E-state index contributed by atoms with van der Waals surface area (Å²) in [5.74, 6) is -2.70. The molecule has 0 spiro atoms. The van der Waals surface area contributed by atoms with Crippen molar-refractivity contribution in [2.45, 2.75) is 29.8 Å². The molecule has 12 nitrogen and oxygen atoms in total. The molecule has 0 aliphatic rings. The molecule has 14 heteroatoms. The van der Waals surface area contributed by atoms with Crippen LogP contribution in [-0.4, -0.2) is 61.9 Å². The van der Waals surface area contributed by atoms with Crippen LogP contribution in [0.2, 0.25) is 0 Å². The molecule has 0 amide bonds. The highest BCUT2D eigenvalue weighted by Gasteiger charge is 2.32. The Labute approximate surface area is 201 Å². The number of aromatic hydroxyl groups is 2. The molecule has 2 unspecified atom stereocenters. The second kappa shape index (κ2) is 11.0. The molecule has 0 radical (unpaired) electrons. The van der Waals surface area contributed by atoms with Crippen LogP contribution in [-0.2, 0) is 29.8 Å². The van der Waals surface area contributed by atoms with Crippen LogP contribution in [0.5, 0.6) is 23.0 Å². The van der Waals surface area contributed by atoms with Gasteiger partial charge in [0.15, 0.2) is 23.0 Å². The third-order valence-electron chi connectivity index (χ3n) is 5.09. The number of benzene rings is 2. The lowest BCUT2D eigenvalue weighted by Crippen LogP contribution is -2.21. The first kappa shape index (κ1) is 28.0. The fraction of sp³-hybridized carbons (Fsp3) is 0.333. The zero-order valence-corrected chi connectivity index (χ0v) is 20.2. The van der Waals surface area contributed by atoms with E-state index in [9.17, 15) is 45.7 Å². The molecule has 0 heterocycles. The highest BCUT2D eigenvalue weighted by molar-refractivity contribution is 7.86. The minimum Gasteiger partial charge on any atom is -0.504 e. The lowest BCUT2D eigenvalue weighted by atomic mass is 10.00. The Bertz CT molecular complexity index is 1210. The quantitative estimate of drug-likeness (QED) is 0.229. The van der Waals surface area contributed by atoms with Gasteiger partial charge in [0.2, 0.25) is 0 Å². The number of Topliss-reactive ketones (excluding diaryl/α,β-unsaturated/α-hetero) is 2. The van der Waals surface area contributed by atoms with Crippen molar-refractivity contribution in [3.8, 4) is 23.0 Å². The topological polar surface area (TPSA) is 202 Å². The number of ether oxygens (including phenoxy) is 2. The van der Waals surface area contributed by atoms with Crippen molar-refractivity contribution in [3.63, 3.8) is 0 Å². The summed E-state index contributed by atoms with van der Waals surface area (Å²) in [6.07, 6.45) is -2.55. The van der Waals surface area contributed by atoms with Crippen LogP contribution in [0.1, 0.15) is 40.9 Å². The second-order valence-corrected chi connectivity index (χ2v) is 10.7. The molecule has 0 aliphatic heterocycles. The zero-order chi connectivity index (χ0) is 26.6. The third-order valence-corrected chi connectivity index (χ3v) is 7.41. The van der Waals surface area contributed by atoms with Gasteiger partial charge in [0, 0.05) is 12.8 Å². The van der Waals surface area contributed by atoms with E-state index in [1.54, 1.807) is 0 Å². The maximum absolute atomic E-state index is 12.5. The van der Waals surface area contributed by atoms with E-state index in [2.05, 4.69) is 0 Å². The Morgan fingerprint density at radius 3 is 1.37 bits per heavy atom. The van der Waals surface area contributed by atoms with E-state index < -0.39 is 61.6 Å². The van der Waals surface area contributed by atoms with Crippen LogP contribution in [0.25, 0.3) is 0 Å². The molecule has 2 aromatic carbocycles. The zero-order valence-electron chi connectivity index (χ0n) is 18.6. The van der Waals surface area contributed by atoms with Crippen LogP contribution in [0.4, 0.5) is 0 Å². The van der Waals surface area contributed by atoms with Crippen LogP contribution in [0.15, 0.2) is 36.4 Å². The molecule has 0 aliphatic carbocycles. The number of carbonyl (C=O) groups excluding carboxylic acids is 2. The summed E-state index contributed by atoms with van der Waals surface area (Å²) in [7, 11) is -7.24. The number of phenols is 2. The maximum Gasteiger partial charge on any atom is 0.272 e. The second-order valence-electron chi connectivity index (χ2n) is 7.53. The van der Waals surface area contributed by atoms with Crippen molar-refractivity contribution in [2.24, 2.45) is 0 Å². The Balaban J connectivity index is 2.23. The Kier molecular flexibility index (Phi) is 8.84. The minimum absolute atomic E-state index is 0.0880. The Morgan fingerprint density at radius 2 is 1.09 bits per heavy atom. The normalized spacial score (nSPS) is 13.6. The summed E-state index contributed by atoms with van der Waals surface area (Å²) >= 11 is 0. The number of methoxy groups -OCH3 is 2. The SMILES string of the molecule is COc1cc(C(CC(=O)CC(=O)CC(c2ccc(O)c(OC)c2)S(=O)(=O)O)S(=O)(=O)O)ccc1O. The average molecular weight is 533 g/mol. The van der Waals surface area contributed by atoms with Gasteiger partial charge in [-0.3, -0.25) is 18.7 Å². The van der Waals surface area contributed by atoms with Gasteiger partial charge >= 0.3 is 0 Å². The van der Waals surface area contributed by atoms with Crippen LogP contribution in [0.3, 0.4) is 0 Å². The molecule has 2 rings (SSSR count). The van der Waals surface area contributed by atoms with Crippen LogP contribution >= 0.6 is 0 Å². The summed E-state index contributed by atoms with van der Waals surface area (Å²) in [5, 5.41) is 15.8. The number of phenolic OH excluding ortho intramolecular Hbond substituents is 2. The predicted molar refractivity (Wildman–Crippen MR) is 122 cm³/mol. The van der Waals surface area contributed by atoms with Gasteiger partial charge < -0.3 is 19.7 Å². The molecule has 2 atom stereocenters. The number of rotatable bonds is 12. The molecule has 192 valence electrons. The number of ketones is 2. The van der Waals surface area contributed by atoms with Crippen molar-refractivity contribution in [3.05, 3.63) is 47.5 Å². The number of hydrogen-bond donors (Lipinski definition) is 4. The molecule has 0 fully saturated rings. The van der Waals surface area contributed by atoms with E-state index >= 15 is 0 Å².